The summed E-state index contributed by atoms with van der Waals surface area (Å²) in [6.45, 7) is 20.6. The first-order valence-electron chi connectivity index (χ1n) is 9.31. The van der Waals surface area contributed by atoms with E-state index in [0.29, 0.717) is 0 Å². The third-order valence-corrected chi connectivity index (χ3v) is 7.58. The van der Waals surface area contributed by atoms with Gasteiger partial charge in [-0.3, -0.25) is 0 Å². The predicted molar refractivity (Wildman–Crippen MR) is 110 cm³/mol. The Morgan fingerprint density at radius 3 is 1.31 bits per heavy atom. The normalized spacial score (nSPS) is 15.0. The molecule has 1 aromatic carbocycles. The summed E-state index contributed by atoms with van der Waals surface area (Å²) in [4.78, 5) is 0. The van der Waals surface area contributed by atoms with Crippen molar-refractivity contribution in [3.63, 3.8) is 0 Å². The van der Waals surface area contributed by atoms with Crippen molar-refractivity contribution in [3.8, 4) is 5.75 Å². The largest absolute Gasteiger partial charge is 0.509 e. The van der Waals surface area contributed by atoms with E-state index in [1.54, 1.807) is 7.11 Å². The van der Waals surface area contributed by atoms with Crippen LogP contribution in [0, 0.1) is 0 Å². The smallest absolute Gasteiger partial charge is 0.497 e. The minimum atomic E-state index is -3.11. The fourth-order valence-corrected chi connectivity index (χ4v) is 6.52. The maximum absolute atomic E-state index is 6.61. The van der Waals surface area contributed by atoms with E-state index in [0.717, 1.165) is 11.3 Å². The zero-order chi connectivity index (χ0) is 20.4. The fraction of sp³-hybridized carbons (Fsp3) is 0.714. The van der Waals surface area contributed by atoms with Gasteiger partial charge < -0.3 is 18.0 Å². The molecule has 26 heavy (non-hydrogen) atoms. The highest BCUT2D eigenvalue weighted by Crippen LogP contribution is 2.39. The molecular formula is C21H38O4Si. The highest BCUT2D eigenvalue weighted by molar-refractivity contribution is 6.62. The van der Waals surface area contributed by atoms with Gasteiger partial charge in [0.15, 0.2) is 0 Å². The second-order valence-corrected chi connectivity index (χ2v) is 12.4. The summed E-state index contributed by atoms with van der Waals surface area (Å²) >= 11 is 0. The van der Waals surface area contributed by atoms with Gasteiger partial charge in [-0.1, -0.05) is 19.1 Å². The van der Waals surface area contributed by atoms with Crippen LogP contribution in [0.5, 0.6) is 5.75 Å². The van der Waals surface area contributed by atoms with Crippen LogP contribution in [-0.2, 0) is 13.3 Å². The standard InChI is InChI=1S/C21H38O4Si/c1-16(17-12-14-18(22-11)15-13-17)26(23-19(2,3)4,24-20(5,6)7)25-21(8,9)10/h12-16H,1-11H3. The van der Waals surface area contributed by atoms with Crippen molar-refractivity contribution < 1.29 is 18.0 Å². The van der Waals surface area contributed by atoms with Crippen molar-refractivity contribution in [2.75, 3.05) is 7.11 Å². The van der Waals surface area contributed by atoms with Crippen molar-refractivity contribution in [2.24, 2.45) is 0 Å². The molecule has 0 aromatic heterocycles. The van der Waals surface area contributed by atoms with Crippen molar-refractivity contribution in [3.05, 3.63) is 29.8 Å². The lowest BCUT2D eigenvalue weighted by Gasteiger charge is -2.45. The second kappa shape index (κ2) is 8.01. The van der Waals surface area contributed by atoms with Crippen LogP contribution < -0.4 is 4.74 Å². The molecule has 150 valence electrons. The van der Waals surface area contributed by atoms with Crippen LogP contribution in [0.3, 0.4) is 0 Å². The Hall–Kier alpha value is -0.883. The molecule has 1 aromatic rings. The first-order chi connectivity index (χ1) is 11.6. The number of hydrogen-bond donors (Lipinski definition) is 0. The van der Waals surface area contributed by atoms with Gasteiger partial charge in [0, 0.05) is 0 Å². The molecule has 0 N–H and O–H groups in total. The van der Waals surface area contributed by atoms with Gasteiger partial charge in [-0.15, -0.1) is 0 Å². The number of hydrogen-bond acceptors (Lipinski definition) is 4. The van der Waals surface area contributed by atoms with Crippen LogP contribution in [0.2, 0.25) is 0 Å². The number of rotatable bonds is 6. The molecule has 0 fully saturated rings. The fourth-order valence-electron chi connectivity index (χ4n) is 2.70. The molecule has 0 spiro atoms. The molecule has 4 nitrogen and oxygen atoms in total. The van der Waals surface area contributed by atoms with Crippen LogP contribution in [0.4, 0.5) is 0 Å². The van der Waals surface area contributed by atoms with E-state index >= 15 is 0 Å². The van der Waals surface area contributed by atoms with E-state index in [9.17, 15) is 0 Å². The Morgan fingerprint density at radius 2 is 1.04 bits per heavy atom. The van der Waals surface area contributed by atoms with Crippen molar-refractivity contribution >= 4 is 8.80 Å². The van der Waals surface area contributed by atoms with Gasteiger partial charge in [0.1, 0.15) is 5.75 Å². The SMILES string of the molecule is COc1ccc(C(C)[Si](OC(C)(C)C)(OC(C)(C)C)OC(C)(C)C)cc1. The van der Waals surface area contributed by atoms with Crippen LogP contribution >= 0.6 is 0 Å². The van der Waals surface area contributed by atoms with Gasteiger partial charge >= 0.3 is 8.80 Å². The van der Waals surface area contributed by atoms with Gasteiger partial charge in [0.25, 0.3) is 0 Å². The minimum absolute atomic E-state index is 0.0221. The first-order valence-corrected chi connectivity index (χ1v) is 11.1. The summed E-state index contributed by atoms with van der Waals surface area (Å²) in [5.41, 5.74) is -0.0580. The molecule has 5 heteroatoms. The number of methoxy groups -OCH3 is 1. The summed E-state index contributed by atoms with van der Waals surface area (Å²) in [6, 6.07) is 8.07. The predicted octanol–water partition coefficient (Wildman–Crippen LogP) is 5.72. The number of ether oxygens (including phenoxy) is 1. The van der Waals surface area contributed by atoms with E-state index in [2.05, 4.69) is 19.1 Å². The van der Waals surface area contributed by atoms with Crippen molar-refractivity contribution in [2.45, 2.75) is 91.6 Å². The molecule has 0 aliphatic carbocycles. The lowest BCUT2D eigenvalue weighted by Crippen LogP contribution is -2.60. The van der Waals surface area contributed by atoms with Crippen LogP contribution in [0.1, 0.15) is 80.3 Å². The third kappa shape index (κ3) is 7.39. The minimum Gasteiger partial charge on any atom is -0.497 e. The van der Waals surface area contributed by atoms with Gasteiger partial charge in [0.05, 0.1) is 29.5 Å². The molecular weight excluding hydrogens is 344 g/mol. The van der Waals surface area contributed by atoms with Crippen LogP contribution in [0.25, 0.3) is 0 Å². The first kappa shape index (κ1) is 23.2. The highest BCUT2D eigenvalue weighted by Gasteiger charge is 2.55. The van der Waals surface area contributed by atoms with E-state index < -0.39 is 8.80 Å². The topological polar surface area (TPSA) is 36.9 Å². The molecule has 0 radical (unpaired) electrons. The zero-order valence-electron chi connectivity index (χ0n) is 18.5. The Morgan fingerprint density at radius 1 is 0.692 bits per heavy atom. The zero-order valence-corrected chi connectivity index (χ0v) is 19.5. The molecule has 0 aliphatic rings. The Balaban J connectivity index is 3.45. The van der Waals surface area contributed by atoms with Gasteiger partial charge in [-0.25, -0.2) is 0 Å². The maximum atomic E-state index is 6.61. The van der Waals surface area contributed by atoms with Crippen molar-refractivity contribution in [1.29, 1.82) is 0 Å². The molecule has 0 heterocycles. The van der Waals surface area contributed by atoms with Crippen LogP contribution in [0.15, 0.2) is 24.3 Å². The van der Waals surface area contributed by atoms with Crippen molar-refractivity contribution in [1.82, 2.24) is 0 Å². The molecule has 0 aliphatic heterocycles. The van der Waals surface area contributed by atoms with Crippen LogP contribution in [-0.4, -0.2) is 32.7 Å². The van der Waals surface area contributed by atoms with E-state index in [1.807, 2.05) is 74.4 Å². The second-order valence-electron chi connectivity index (χ2n) is 9.74. The summed E-state index contributed by atoms with van der Waals surface area (Å²) < 4.78 is 25.1. The Bertz CT molecular complexity index is 521. The van der Waals surface area contributed by atoms with E-state index in [-0.39, 0.29) is 22.3 Å². The average Bonchev–Trinajstić information content (AvgIpc) is 2.41. The summed E-state index contributed by atoms with van der Waals surface area (Å²) in [6.07, 6.45) is 0. The molecule has 0 saturated heterocycles. The lowest BCUT2D eigenvalue weighted by atomic mass is 10.1. The highest BCUT2D eigenvalue weighted by atomic mass is 28.4. The maximum Gasteiger partial charge on any atom is 0.509 e. The third-order valence-electron chi connectivity index (χ3n) is 3.49. The summed E-state index contributed by atoms with van der Waals surface area (Å²) in [5.74, 6) is 0.832. The molecule has 0 bridgehead atoms. The molecule has 1 rings (SSSR count). The molecule has 1 atom stereocenters. The molecule has 0 amide bonds. The van der Waals surface area contributed by atoms with E-state index in [4.69, 9.17) is 18.0 Å². The molecule has 1 unspecified atom stereocenters. The summed E-state index contributed by atoms with van der Waals surface area (Å²) in [5, 5.41) is 0. The van der Waals surface area contributed by atoms with Gasteiger partial charge in [-0.2, -0.15) is 0 Å². The number of benzene rings is 1. The average molecular weight is 383 g/mol. The van der Waals surface area contributed by atoms with Gasteiger partial charge in [-0.05, 0) is 80.0 Å². The monoisotopic (exact) mass is 382 g/mol. The lowest BCUT2D eigenvalue weighted by molar-refractivity contribution is -0.0802. The Kier molecular flexibility index (Phi) is 7.13. The van der Waals surface area contributed by atoms with Gasteiger partial charge in [0.2, 0.25) is 0 Å². The summed E-state index contributed by atoms with van der Waals surface area (Å²) in [7, 11) is -1.44. The Labute approximate surface area is 161 Å². The quantitative estimate of drug-likeness (QED) is 0.589. The van der Waals surface area contributed by atoms with E-state index in [1.165, 1.54) is 0 Å². The molecule has 0 saturated carbocycles.